The number of nitrogens with one attached hydrogen (secondary N) is 2. The first-order valence-electron chi connectivity index (χ1n) is 6.77. The van der Waals surface area contributed by atoms with Gasteiger partial charge in [0.15, 0.2) is 12.4 Å². The Hall–Kier alpha value is -2.44. The van der Waals surface area contributed by atoms with E-state index in [-0.39, 0.29) is 18.8 Å². The SMILES string of the molecule is [N-]=[N+]=N[C@]1(CO)O[C@@H](n2cc(NCCO)c(=O)[nH]c2=O)[C@@H](F)[C@@H]1O. The van der Waals surface area contributed by atoms with Gasteiger partial charge in [0.2, 0.25) is 5.72 Å². The first-order chi connectivity index (χ1) is 11.4. The largest absolute Gasteiger partial charge is 0.395 e. The summed E-state index contributed by atoms with van der Waals surface area (Å²) in [5.41, 5.74) is 4.21. The Morgan fingerprint density at radius 2 is 2.25 bits per heavy atom. The van der Waals surface area contributed by atoms with Gasteiger partial charge in [-0.05, 0) is 5.53 Å². The zero-order valence-electron chi connectivity index (χ0n) is 12.2. The second-order valence-electron chi connectivity index (χ2n) is 4.95. The summed E-state index contributed by atoms with van der Waals surface area (Å²) in [6, 6.07) is 0. The summed E-state index contributed by atoms with van der Waals surface area (Å²) in [5, 5.41) is 33.5. The lowest BCUT2D eigenvalue weighted by molar-refractivity contribution is -0.124. The first-order valence-corrected chi connectivity index (χ1v) is 6.77. The number of aromatic amines is 1. The van der Waals surface area contributed by atoms with Crippen LogP contribution in [0, 0.1) is 0 Å². The Labute approximate surface area is 132 Å². The first kappa shape index (κ1) is 17.9. The molecule has 24 heavy (non-hydrogen) atoms. The van der Waals surface area contributed by atoms with Gasteiger partial charge in [-0.3, -0.25) is 14.3 Å². The molecular weight excluding hydrogens is 331 g/mol. The van der Waals surface area contributed by atoms with Crippen molar-refractivity contribution in [1.29, 1.82) is 0 Å². The summed E-state index contributed by atoms with van der Waals surface area (Å²) in [6.45, 7) is -1.33. The molecule has 0 amide bonds. The molecule has 1 aliphatic heterocycles. The summed E-state index contributed by atoms with van der Waals surface area (Å²) in [5.74, 6) is 0. The maximum absolute atomic E-state index is 14.4. The molecule has 0 aromatic carbocycles. The Kier molecular flexibility index (Phi) is 5.21. The molecule has 2 heterocycles. The molecule has 0 aliphatic carbocycles. The van der Waals surface area contributed by atoms with Crippen LogP contribution in [0.2, 0.25) is 0 Å². The average molecular weight is 346 g/mol. The van der Waals surface area contributed by atoms with Crippen molar-refractivity contribution < 1.29 is 24.4 Å². The van der Waals surface area contributed by atoms with Crippen LogP contribution in [0.15, 0.2) is 20.9 Å². The smallest absolute Gasteiger partial charge is 0.330 e. The van der Waals surface area contributed by atoms with Crippen LogP contribution in [0.25, 0.3) is 10.4 Å². The molecule has 0 spiro atoms. The highest BCUT2D eigenvalue weighted by Gasteiger charge is 2.56. The number of aliphatic hydroxyl groups is 3. The second kappa shape index (κ2) is 6.98. The molecule has 2 rings (SSSR count). The van der Waals surface area contributed by atoms with E-state index in [2.05, 4.69) is 15.3 Å². The van der Waals surface area contributed by atoms with Gasteiger partial charge in [0.1, 0.15) is 11.8 Å². The van der Waals surface area contributed by atoms with E-state index in [9.17, 15) is 24.2 Å². The lowest BCUT2D eigenvalue weighted by atomic mass is 10.1. The second-order valence-corrected chi connectivity index (χ2v) is 4.95. The van der Waals surface area contributed by atoms with E-state index in [4.69, 9.17) is 15.4 Å². The Morgan fingerprint density at radius 3 is 2.83 bits per heavy atom. The molecule has 0 unspecified atom stereocenters. The van der Waals surface area contributed by atoms with E-state index in [1.165, 1.54) is 0 Å². The normalized spacial score (nSPS) is 29.2. The summed E-state index contributed by atoms with van der Waals surface area (Å²) in [7, 11) is 0. The predicted octanol–water partition coefficient (Wildman–Crippen LogP) is -1.83. The summed E-state index contributed by atoms with van der Waals surface area (Å²) in [4.78, 5) is 27.9. The monoisotopic (exact) mass is 346 g/mol. The highest BCUT2D eigenvalue weighted by Crippen LogP contribution is 2.39. The van der Waals surface area contributed by atoms with Crippen LogP contribution in [0.5, 0.6) is 0 Å². The highest BCUT2D eigenvalue weighted by molar-refractivity contribution is 5.37. The number of azide groups is 1. The van der Waals surface area contributed by atoms with E-state index in [1.807, 2.05) is 4.98 Å². The van der Waals surface area contributed by atoms with Crippen LogP contribution in [0.3, 0.4) is 0 Å². The molecule has 1 aliphatic rings. The van der Waals surface area contributed by atoms with Crippen LogP contribution in [0.1, 0.15) is 6.23 Å². The quantitative estimate of drug-likeness (QED) is 0.227. The number of aliphatic hydroxyl groups excluding tert-OH is 3. The van der Waals surface area contributed by atoms with Crippen molar-refractivity contribution in [3.8, 4) is 0 Å². The number of hydrogen-bond donors (Lipinski definition) is 5. The zero-order valence-corrected chi connectivity index (χ0v) is 12.2. The van der Waals surface area contributed by atoms with Gasteiger partial charge in [-0.15, -0.1) is 0 Å². The van der Waals surface area contributed by atoms with Gasteiger partial charge in [-0.2, -0.15) is 0 Å². The Morgan fingerprint density at radius 1 is 1.54 bits per heavy atom. The van der Waals surface area contributed by atoms with E-state index < -0.39 is 42.1 Å². The molecule has 5 N–H and O–H groups in total. The molecule has 0 bridgehead atoms. The number of aromatic nitrogens is 2. The fraction of sp³-hybridized carbons (Fsp3) is 0.636. The third kappa shape index (κ3) is 2.98. The standard InChI is InChI=1S/C11H15FN6O6/c12-6-7(21)11(4-20,16-17-13)24-9(6)18-3-5(14-1-2-19)8(22)15-10(18)23/h3,6-7,9,14,19-21H,1-2,4H2,(H,15,22,23)/t6-,7-,9+,11+/m0/s1. The van der Waals surface area contributed by atoms with Crippen LogP contribution >= 0.6 is 0 Å². The van der Waals surface area contributed by atoms with Gasteiger partial charge in [-0.1, -0.05) is 5.11 Å². The minimum absolute atomic E-state index is 0.00616. The van der Waals surface area contributed by atoms with Gasteiger partial charge in [-0.25, -0.2) is 9.18 Å². The molecule has 1 saturated heterocycles. The topological polar surface area (TPSA) is 186 Å². The van der Waals surface area contributed by atoms with E-state index >= 15 is 0 Å². The highest BCUT2D eigenvalue weighted by atomic mass is 19.1. The fourth-order valence-electron chi connectivity index (χ4n) is 2.27. The maximum Gasteiger partial charge on any atom is 0.330 e. The van der Waals surface area contributed by atoms with Crippen LogP contribution in [-0.4, -0.2) is 62.6 Å². The molecule has 1 aromatic heterocycles. The molecule has 1 aromatic rings. The fourth-order valence-corrected chi connectivity index (χ4v) is 2.27. The average Bonchev–Trinajstić information content (AvgIpc) is 2.80. The van der Waals surface area contributed by atoms with Crippen molar-refractivity contribution in [3.63, 3.8) is 0 Å². The third-order valence-corrected chi connectivity index (χ3v) is 3.47. The van der Waals surface area contributed by atoms with Crippen molar-refractivity contribution >= 4 is 5.69 Å². The number of anilines is 1. The van der Waals surface area contributed by atoms with Gasteiger partial charge >= 0.3 is 5.69 Å². The number of nitrogens with zero attached hydrogens (tertiary/aromatic N) is 4. The van der Waals surface area contributed by atoms with Crippen LogP contribution < -0.4 is 16.6 Å². The van der Waals surface area contributed by atoms with Crippen molar-refractivity contribution in [2.75, 3.05) is 25.1 Å². The van der Waals surface area contributed by atoms with E-state index in [1.54, 1.807) is 0 Å². The number of hydrogen-bond acceptors (Lipinski definition) is 8. The summed E-state index contributed by atoms with van der Waals surface area (Å²) in [6.07, 6.45) is -5.07. The molecule has 1 fully saturated rings. The Balaban J connectivity index is 2.46. The number of alkyl halides is 1. The molecule has 132 valence electrons. The number of H-pyrrole nitrogens is 1. The maximum atomic E-state index is 14.4. The zero-order chi connectivity index (χ0) is 17.9. The van der Waals surface area contributed by atoms with E-state index in [0.29, 0.717) is 4.57 Å². The predicted molar refractivity (Wildman–Crippen MR) is 76.9 cm³/mol. The van der Waals surface area contributed by atoms with Crippen LogP contribution in [0.4, 0.5) is 10.1 Å². The molecular formula is C11H15FN6O6. The minimum Gasteiger partial charge on any atom is -0.395 e. The molecule has 0 saturated carbocycles. The Bertz CT molecular complexity index is 760. The lowest BCUT2D eigenvalue weighted by Crippen LogP contribution is -2.43. The van der Waals surface area contributed by atoms with Gasteiger partial charge < -0.3 is 25.4 Å². The van der Waals surface area contributed by atoms with Gasteiger partial charge in [0.05, 0.1) is 13.2 Å². The molecule has 4 atom stereocenters. The van der Waals surface area contributed by atoms with E-state index in [0.717, 1.165) is 6.20 Å². The lowest BCUT2D eigenvalue weighted by Gasteiger charge is -2.23. The van der Waals surface area contributed by atoms with Crippen molar-refractivity contribution in [1.82, 2.24) is 9.55 Å². The molecule has 0 radical (unpaired) electrons. The van der Waals surface area contributed by atoms with Crippen molar-refractivity contribution in [2.24, 2.45) is 5.11 Å². The molecule has 12 nitrogen and oxygen atoms in total. The van der Waals surface area contributed by atoms with Gasteiger partial charge in [0, 0.05) is 17.7 Å². The van der Waals surface area contributed by atoms with Crippen LogP contribution in [-0.2, 0) is 4.74 Å². The number of rotatable bonds is 6. The van der Waals surface area contributed by atoms with Crippen molar-refractivity contribution in [3.05, 3.63) is 37.5 Å². The number of ether oxygens (including phenoxy) is 1. The minimum atomic E-state index is -2.30. The third-order valence-electron chi connectivity index (χ3n) is 3.47. The summed E-state index contributed by atoms with van der Waals surface area (Å²) < 4.78 is 20.1. The van der Waals surface area contributed by atoms with Crippen molar-refractivity contribution in [2.45, 2.75) is 24.2 Å². The van der Waals surface area contributed by atoms with Gasteiger partial charge in [0.25, 0.3) is 5.56 Å². The molecule has 13 heteroatoms. The number of halogens is 1. The summed E-state index contributed by atoms with van der Waals surface area (Å²) >= 11 is 0.